The van der Waals surface area contributed by atoms with Crippen LogP contribution in [-0.2, 0) is 4.79 Å². The topological polar surface area (TPSA) is 47.6 Å². The number of hydrogen-bond acceptors (Lipinski definition) is 4. The van der Waals surface area contributed by atoms with E-state index in [2.05, 4.69) is 46.8 Å². The average molecular weight is 274 g/mol. The number of hydrogen-bond donors (Lipinski definition) is 2. The summed E-state index contributed by atoms with van der Waals surface area (Å²) in [5.41, 5.74) is 2.57. The Morgan fingerprint density at radius 1 is 1.40 bits per heavy atom. The molecule has 5 nitrogen and oxygen atoms in total. The van der Waals surface area contributed by atoms with E-state index < -0.39 is 0 Å². The molecule has 3 aliphatic heterocycles. The number of carbonyl (C=O) groups is 1. The molecule has 0 saturated carbocycles. The molecule has 3 heterocycles. The fourth-order valence-electron chi connectivity index (χ4n) is 3.25. The highest BCUT2D eigenvalue weighted by molar-refractivity contribution is 5.80. The highest BCUT2D eigenvalue weighted by atomic mass is 16.1. The van der Waals surface area contributed by atoms with Gasteiger partial charge in [0.2, 0.25) is 5.91 Å². The van der Waals surface area contributed by atoms with Gasteiger partial charge in [-0.3, -0.25) is 9.80 Å². The van der Waals surface area contributed by atoms with Gasteiger partial charge in [-0.2, -0.15) is 0 Å². The molecule has 0 aliphatic carbocycles. The number of piperidine rings is 1. The van der Waals surface area contributed by atoms with E-state index in [1.807, 2.05) is 12.3 Å². The Hall–Kier alpha value is -1.75. The lowest BCUT2D eigenvalue weighted by atomic mass is 9.81. The number of fused-ring (bicyclic) bond motifs is 3. The molecular formula is C15H22N4O. The first kappa shape index (κ1) is 13.2. The summed E-state index contributed by atoms with van der Waals surface area (Å²) >= 11 is 0. The van der Waals surface area contributed by atoms with Crippen molar-refractivity contribution in [1.29, 1.82) is 0 Å². The van der Waals surface area contributed by atoms with Crippen molar-refractivity contribution in [1.82, 2.24) is 20.7 Å². The summed E-state index contributed by atoms with van der Waals surface area (Å²) in [4.78, 5) is 11.7. The van der Waals surface area contributed by atoms with E-state index in [1.54, 1.807) is 0 Å². The minimum absolute atomic E-state index is 0.130. The number of nitrogens with one attached hydrogen (secondary N) is 2. The van der Waals surface area contributed by atoms with Crippen LogP contribution < -0.4 is 10.6 Å². The molecule has 2 unspecified atom stereocenters. The number of dihydropyridines is 1. The minimum atomic E-state index is 0.130. The van der Waals surface area contributed by atoms with Crippen molar-refractivity contribution >= 4 is 5.91 Å². The maximum Gasteiger partial charge on any atom is 0.224 e. The van der Waals surface area contributed by atoms with Crippen LogP contribution in [0.2, 0.25) is 0 Å². The Kier molecular flexibility index (Phi) is 3.53. The van der Waals surface area contributed by atoms with Crippen LogP contribution in [0.15, 0.2) is 35.7 Å². The van der Waals surface area contributed by atoms with Gasteiger partial charge in [0.25, 0.3) is 0 Å². The first-order valence-electron chi connectivity index (χ1n) is 7.37. The Morgan fingerprint density at radius 2 is 2.20 bits per heavy atom. The standard InChI is InChI=1S/C15H22N4O/c1-3-18(4-2)19-10-11-8-14(20)17-9-13(11)12-6-5-7-16-15(12)19/h5-7,10,13,15-16H,3-4,8-9H2,1-2H3,(H,17,20). The van der Waals surface area contributed by atoms with Gasteiger partial charge in [0.05, 0.1) is 0 Å². The second kappa shape index (κ2) is 5.32. The first-order valence-corrected chi connectivity index (χ1v) is 7.37. The first-order chi connectivity index (χ1) is 9.74. The van der Waals surface area contributed by atoms with Gasteiger partial charge in [0.15, 0.2) is 0 Å². The fourth-order valence-corrected chi connectivity index (χ4v) is 3.25. The highest BCUT2D eigenvalue weighted by Crippen LogP contribution is 2.35. The molecule has 3 rings (SSSR count). The summed E-state index contributed by atoms with van der Waals surface area (Å²) in [6.07, 6.45) is 9.08. The third-order valence-electron chi connectivity index (χ3n) is 4.29. The zero-order valence-electron chi connectivity index (χ0n) is 12.1. The normalized spacial score (nSPS) is 28.1. The second-order valence-electron chi connectivity index (χ2n) is 5.35. The van der Waals surface area contributed by atoms with E-state index in [-0.39, 0.29) is 12.1 Å². The molecule has 0 aromatic rings. The lowest BCUT2D eigenvalue weighted by Crippen LogP contribution is -2.57. The van der Waals surface area contributed by atoms with Crippen LogP contribution in [0.4, 0.5) is 0 Å². The van der Waals surface area contributed by atoms with Gasteiger partial charge in [-0.25, -0.2) is 5.01 Å². The summed E-state index contributed by atoms with van der Waals surface area (Å²) in [5, 5.41) is 11.0. The van der Waals surface area contributed by atoms with Crippen LogP contribution in [0.5, 0.6) is 0 Å². The summed E-state index contributed by atoms with van der Waals surface area (Å²) in [5.74, 6) is 0.465. The summed E-state index contributed by atoms with van der Waals surface area (Å²) in [7, 11) is 0. The molecule has 20 heavy (non-hydrogen) atoms. The molecule has 1 fully saturated rings. The van der Waals surface area contributed by atoms with Crippen LogP contribution in [0.3, 0.4) is 0 Å². The van der Waals surface area contributed by atoms with E-state index in [4.69, 9.17) is 0 Å². The lowest BCUT2D eigenvalue weighted by Gasteiger charge is -2.47. The Morgan fingerprint density at radius 3 is 2.95 bits per heavy atom. The van der Waals surface area contributed by atoms with E-state index in [9.17, 15) is 4.79 Å². The molecule has 1 amide bonds. The van der Waals surface area contributed by atoms with Gasteiger partial charge in [0, 0.05) is 38.2 Å². The van der Waals surface area contributed by atoms with Crippen molar-refractivity contribution in [3.63, 3.8) is 0 Å². The predicted octanol–water partition coefficient (Wildman–Crippen LogP) is 0.948. The van der Waals surface area contributed by atoms with Crippen molar-refractivity contribution in [2.75, 3.05) is 19.6 Å². The zero-order valence-corrected chi connectivity index (χ0v) is 12.1. The molecule has 0 spiro atoms. The highest BCUT2D eigenvalue weighted by Gasteiger charge is 2.38. The van der Waals surface area contributed by atoms with Crippen LogP contribution >= 0.6 is 0 Å². The minimum Gasteiger partial charge on any atom is -0.367 e. The van der Waals surface area contributed by atoms with Gasteiger partial charge >= 0.3 is 0 Å². The molecule has 3 aliphatic rings. The van der Waals surface area contributed by atoms with Crippen LogP contribution in [-0.4, -0.2) is 41.7 Å². The van der Waals surface area contributed by atoms with Crippen molar-refractivity contribution < 1.29 is 4.79 Å². The fraction of sp³-hybridized carbons (Fsp3) is 0.533. The Balaban J connectivity index is 1.98. The molecule has 0 radical (unpaired) electrons. The lowest BCUT2D eigenvalue weighted by molar-refractivity contribution is -0.121. The number of nitrogens with zero attached hydrogens (tertiary/aromatic N) is 2. The van der Waals surface area contributed by atoms with Gasteiger partial charge in [0.1, 0.15) is 6.17 Å². The smallest absolute Gasteiger partial charge is 0.224 e. The van der Waals surface area contributed by atoms with Gasteiger partial charge in [-0.15, -0.1) is 0 Å². The van der Waals surface area contributed by atoms with Crippen molar-refractivity contribution in [3.8, 4) is 0 Å². The van der Waals surface area contributed by atoms with Crippen LogP contribution in [0.1, 0.15) is 20.3 Å². The zero-order chi connectivity index (χ0) is 14.1. The van der Waals surface area contributed by atoms with Gasteiger partial charge in [-0.1, -0.05) is 19.9 Å². The largest absolute Gasteiger partial charge is 0.367 e. The maximum absolute atomic E-state index is 11.7. The second-order valence-corrected chi connectivity index (χ2v) is 5.35. The Bertz CT molecular complexity index is 490. The quantitative estimate of drug-likeness (QED) is 0.804. The summed E-state index contributed by atoms with van der Waals surface area (Å²) in [6, 6.07) is 0. The Labute approximate surface area is 120 Å². The monoisotopic (exact) mass is 274 g/mol. The molecule has 2 N–H and O–H groups in total. The molecule has 0 bridgehead atoms. The van der Waals surface area contributed by atoms with E-state index in [0.29, 0.717) is 18.9 Å². The van der Waals surface area contributed by atoms with E-state index >= 15 is 0 Å². The van der Waals surface area contributed by atoms with E-state index in [1.165, 1.54) is 11.1 Å². The SMILES string of the molecule is CCN(CC)N1C=C2CC(=O)NCC2C2=CC=CNC21. The number of rotatable bonds is 3. The van der Waals surface area contributed by atoms with Crippen molar-refractivity contribution in [2.45, 2.75) is 26.4 Å². The van der Waals surface area contributed by atoms with Gasteiger partial charge in [-0.05, 0) is 23.4 Å². The third kappa shape index (κ3) is 2.12. The van der Waals surface area contributed by atoms with Crippen molar-refractivity contribution in [2.24, 2.45) is 5.92 Å². The summed E-state index contributed by atoms with van der Waals surface area (Å²) in [6.45, 7) is 6.93. The number of carbonyl (C=O) groups excluding carboxylic acids is 1. The molecule has 0 aromatic carbocycles. The molecule has 108 valence electrons. The number of amides is 1. The van der Waals surface area contributed by atoms with Gasteiger partial charge < -0.3 is 10.6 Å². The molecule has 1 saturated heterocycles. The molecule has 0 aromatic heterocycles. The van der Waals surface area contributed by atoms with Crippen LogP contribution in [0, 0.1) is 5.92 Å². The predicted molar refractivity (Wildman–Crippen MR) is 78.1 cm³/mol. The summed E-state index contributed by atoms with van der Waals surface area (Å²) < 4.78 is 0. The molecular weight excluding hydrogens is 252 g/mol. The average Bonchev–Trinajstić information content (AvgIpc) is 2.48. The van der Waals surface area contributed by atoms with E-state index in [0.717, 1.165) is 13.1 Å². The maximum atomic E-state index is 11.7. The number of allylic oxidation sites excluding steroid dienone is 2. The van der Waals surface area contributed by atoms with Crippen LogP contribution in [0.25, 0.3) is 0 Å². The number of hydrazine groups is 1. The van der Waals surface area contributed by atoms with Crippen molar-refractivity contribution in [3.05, 3.63) is 35.7 Å². The molecule has 5 heteroatoms. The third-order valence-corrected chi connectivity index (χ3v) is 4.29. The molecule has 2 atom stereocenters.